The minimum absolute atomic E-state index is 0. The second kappa shape index (κ2) is 8.77. The number of hydrogen-bond acceptors (Lipinski definition) is 3. The van der Waals surface area contributed by atoms with E-state index in [1.165, 1.54) is 12.8 Å². The van der Waals surface area contributed by atoms with Crippen molar-refractivity contribution in [3.8, 4) is 0 Å². The first kappa shape index (κ1) is 15.8. The maximum absolute atomic E-state index is 11.5. The minimum Gasteiger partial charge on any atom is -0.445 e. The summed E-state index contributed by atoms with van der Waals surface area (Å²) in [7, 11) is 0. The molecule has 0 aromatic heterocycles. The van der Waals surface area contributed by atoms with Gasteiger partial charge < -0.3 is 15.4 Å². The first-order chi connectivity index (χ1) is 8.84. The van der Waals surface area contributed by atoms with E-state index >= 15 is 0 Å². The van der Waals surface area contributed by atoms with Gasteiger partial charge >= 0.3 is 6.09 Å². The molecule has 1 amide bonds. The quantitative estimate of drug-likeness (QED) is 0.892. The summed E-state index contributed by atoms with van der Waals surface area (Å²) >= 11 is 0. The molecule has 4 nitrogen and oxygen atoms in total. The number of halogens is 1. The van der Waals surface area contributed by atoms with Crippen LogP contribution in [0.1, 0.15) is 18.4 Å². The highest BCUT2D eigenvalue weighted by Gasteiger charge is 2.14. The molecular weight excluding hydrogens is 264 g/mol. The fourth-order valence-electron chi connectivity index (χ4n) is 2.10. The molecule has 1 aliphatic rings. The lowest BCUT2D eigenvalue weighted by Gasteiger charge is -2.22. The van der Waals surface area contributed by atoms with Gasteiger partial charge in [-0.3, -0.25) is 0 Å². The standard InChI is InChI=1S/C14H20N2O2.ClH/c17-14(16-10-13-7-4-8-15-9-13)18-11-12-5-2-1-3-6-12;/h1-3,5-6,13,15H,4,7-11H2,(H,16,17);1H/t13-;/m1./s1. The Hall–Kier alpha value is -1.26. The minimum atomic E-state index is -0.329. The SMILES string of the molecule is Cl.O=C(NC[C@@H]1CCCNC1)OCc1ccccc1. The average molecular weight is 285 g/mol. The summed E-state index contributed by atoms with van der Waals surface area (Å²) in [4.78, 5) is 11.5. The molecule has 1 aromatic rings. The molecule has 1 aliphatic heterocycles. The van der Waals surface area contributed by atoms with Crippen molar-refractivity contribution in [1.82, 2.24) is 10.6 Å². The van der Waals surface area contributed by atoms with Crippen molar-refractivity contribution in [2.75, 3.05) is 19.6 Å². The molecule has 0 aliphatic carbocycles. The molecule has 0 radical (unpaired) electrons. The lowest BCUT2D eigenvalue weighted by Crippen LogP contribution is -2.38. The van der Waals surface area contributed by atoms with E-state index in [0.29, 0.717) is 19.1 Å². The van der Waals surface area contributed by atoms with Gasteiger partial charge in [-0.1, -0.05) is 30.3 Å². The van der Waals surface area contributed by atoms with Crippen LogP contribution < -0.4 is 10.6 Å². The van der Waals surface area contributed by atoms with E-state index in [1.54, 1.807) is 0 Å². The number of hydrogen-bond donors (Lipinski definition) is 2. The largest absolute Gasteiger partial charge is 0.445 e. The number of piperidine rings is 1. The van der Waals surface area contributed by atoms with Crippen molar-refractivity contribution in [3.05, 3.63) is 35.9 Å². The van der Waals surface area contributed by atoms with Crippen LogP contribution in [0.3, 0.4) is 0 Å². The van der Waals surface area contributed by atoms with Crippen LogP contribution in [-0.2, 0) is 11.3 Å². The summed E-state index contributed by atoms with van der Waals surface area (Å²) in [6.07, 6.45) is 2.03. The molecule has 0 bridgehead atoms. The van der Waals surface area contributed by atoms with Gasteiger partial charge in [-0.15, -0.1) is 12.4 Å². The van der Waals surface area contributed by atoms with Gasteiger partial charge in [0, 0.05) is 6.54 Å². The van der Waals surface area contributed by atoms with Crippen LogP contribution in [0.4, 0.5) is 4.79 Å². The summed E-state index contributed by atoms with van der Waals surface area (Å²) in [6.45, 7) is 3.10. The Balaban J connectivity index is 0.00000180. The van der Waals surface area contributed by atoms with Gasteiger partial charge in [-0.05, 0) is 37.4 Å². The fourth-order valence-corrected chi connectivity index (χ4v) is 2.10. The first-order valence-corrected chi connectivity index (χ1v) is 6.50. The van der Waals surface area contributed by atoms with Crippen molar-refractivity contribution in [2.24, 2.45) is 5.92 Å². The van der Waals surface area contributed by atoms with E-state index in [-0.39, 0.29) is 18.5 Å². The molecule has 1 saturated heterocycles. The molecule has 2 N–H and O–H groups in total. The Morgan fingerprint density at radius 1 is 1.37 bits per heavy atom. The first-order valence-electron chi connectivity index (χ1n) is 6.50. The Morgan fingerprint density at radius 2 is 2.16 bits per heavy atom. The second-order valence-corrected chi connectivity index (χ2v) is 4.66. The summed E-state index contributed by atoms with van der Waals surface area (Å²) in [5, 5.41) is 6.15. The van der Waals surface area contributed by atoms with Crippen LogP contribution in [-0.4, -0.2) is 25.7 Å². The third-order valence-electron chi connectivity index (χ3n) is 3.15. The zero-order valence-corrected chi connectivity index (χ0v) is 11.7. The summed E-state index contributed by atoms with van der Waals surface area (Å²) in [6, 6.07) is 9.70. The van der Waals surface area contributed by atoms with E-state index in [2.05, 4.69) is 10.6 Å². The summed E-state index contributed by atoms with van der Waals surface area (Å²) in [5.41, 5.74) is 1.01. The molecule has 2 rings (SSSR count). The van der Waals surface area contributed by atoms with E-state index in [9.17, 15) is 4.79 Å². The van der Waals surface area contributed by atoms with Crippen LogP contribution in [0.2, 0.25) is 0 Å². The third kappa shape index (κ3) is 5.94. The summed E-state index contributed by atoms with van der Waals surface area (Å²) < 4.78 is 5.15. The van der Waals surface area contributed by atoms with Crippen molar-refractivity contribution >= 4 is 18.5 Å². The molecule has 5 heteroatoms. The second-order valence-electron chi connectivity index (χ2n) is 4.66. The lowest BCUT2D eigenvalue weighted by atomic mass is 10.00. The van der Waals surface area contributed by atoms with Crippen LogP contribution in [0.15, 0.2) is 30.3 Å². The van der Waals surface area contributed by atoms with E-state index in [0.717, 1.165) is 18.7 Å². The maximum atomic E-state index is 11.5. The highest BCUT2D eigenvalue weighted by Crippen LogP contribution is 2.08. The van der Waals surface area contributed by atoms with E-state index in [4.69, 9.17) is 4.74 Å². The van der Waals surface area contributed by atoms with Crippen molar-refractivity contribution < 1.29 is 9.53 Å². The lowest BCUT2D eigenvalue weighted by molar-refractivity contribution is 0.137. The number of benzene rings is 1. The van der Waals surface area contributed by atoms with Gasteiger partial charge in [-0.2, -0.15) is 0 Å². The third-order valence-corrected chi connectivity index (χ3v) is 3.15. The molecule has 0 saturated carbocycles. The average Bonchev–Trinajstić information content (AvgIpc) is 2.45. The van der Waals surface area contributed by atoms with Gasteiger partial charge in [-0.25, -0.2) is 4.79 Å². The topological polar surface area (TPSA) is 50.4 Å². The summed E-state index contributed by atoms with van der Waals surface area (Å²) in [5.74, 6) is 0.531. The number of carbonyl (C=O) groups is 1. The Morgan fingerprint density at radius 3 is 2.84 bits per heavy atom. The number of alkyl carbamates (subject to hydrolysis) is 1. The molecule has 1 heterocycles. The molecule has 0 spiro atoms. The van der Waals surface area contributed by atoms with Crippen LogP contribution in [0, 0.1) is 5.92 Å². The van der Waals surface area contributed by atoms with Gasteiger partial charge in [0.05, 0.1) is 0 Å². The van der Waals surface area contributed by atoms with Crippen molar-refractivity contribution in [3.63, 3.8) is 0 Å². The Bertz CT molecular complexity index is 367. The predicted molar refractivity (Wildman–Crippen MR) is 77.5 cm³/mol. The highest BCUT2D eigenvalue weighted by molar-refractivity contribution is 5.85. The maximum Gasteiger partial charge on any atom is 0.407 e. The van der Waals surface area contributed by atoms with Crippen molar-refractivity contribution in [2.45, 2.75) is 19.4 Å². The van der Waals surface area contributed by atoms with Crippen LogP contribution >= 0.6 is 12.4 Å². The number of amides is 1. The monoisotopic (exact) mass is 284 g/mol. The van der Waals surface area contributed by atoms with Gasteiger partial charge in [0.2, 0.25) is 0 Å². The van der Waals surface area contributed by atoms with E-state index < -0.39 is 0 Å². The Kier molecular flexibility index (Phi) is 7.30. The number of ether oxygens (including phenoxy) is 1. The smallest absolute Gasteiger partial charge is 0.407 e. The molecule has 1 fully saturated rings. The normalized spacial score (nSPS) is 18.2. The molecular formula is C14H21ClN2O2. The zero-order chi connectivity index (χ0) is 12.6. The van der Waals surface area contributed by atoms with Gasteiger partial charge in [0.25, 0.3) is 0 Å². The van der Waals surface area contributed by atoms with Gasteiger partial charge in [0.15, 0.2) is 0 Å². The molecule has 19 heavy (non-hydrogen) atoms. The number of carbonyl (C=O) groups excluding carboxylic acids is 1. The fraction of sp³-hybridized carbons (Fsp3) is 0.500. The molecule has 0 unspecified atom stereocenters. The Labute approximate surface area is 120 Å². The number of nitrogens with one attached hydrogen (secondary N) is 2. The van der Waals surface area contributed by atoms with Gasteiger partial charge in [0.1, 0.15) is 6.61 Å². The zero-order valence-electron chi connectivity index (χ0n) is 10.9. The van der Waals surface area contributed by atoms with E-state index in [1.807, 2.05) is 30.3 Å². The molecule has 1 aromatic carbocycles. The van der Waals surface area contributed by atoms with Crippen molar-refractivity contribution in [1.29, 1.82) is 0 Å². The molecule has 106 valence electrons. The highest BCUT2D eigenvalue weighted by atomic mass is 35.5. The molecule has 1 atom stereocenters. The van der Waals surface area contributed by atoms with Crippen LogP contribution in [0.5, 0.6) is 0 Å². The predicted octanol–water partition coefficient (Wildman–Crippen LogP) is 2.33. The number of rotatable bonds is 4. The van der Waals surface area contributed by atoms with Crippen LogP contribution in [0.25, 0.3) is 0 Å².